The Morgan fingerprint density at radius 2 is 2.00 bits per heavy atom. The summed E-state index contributed by atoms with van der Waals surface area (Å²) >= 11 is 0. The maximum absolute atomic E-state index is 12.3. The highest BCUT2D eigenvalue weighted by Crippen LogP contribution is 2.37. The predicted octanol–water partition coefficient (Wildman–Crippen LogP) is 1.79. The van der Waals surface area contributed by atoms with E-state index in [1.165, 1.54) is 0 Å². The van der Waals surface area contributed by atoms with Crippen LogP contribution in [0.5, 0.6) is 0 Å². The lowest BCUT2D eigenvalue weighted by atomic mass is 9.86. The molecular weight excluding hydrogens is 252 g/mol. The number of rotatable bonds is 5. The van der Waals surface area contributed by atoms with Gasteiger partial charge in [-0.2, -0.15) is 5.26 Å². The second-order valence-corrected chi connectivity index (χ2v) is 5.44. The van der Waals surface area contributed by atoms with E-state index in [1.54, 1.807) is 0 Å². The lowest BCUT2D eigenvalue weighted by Crippen LogP contribution is -2.46. The Hall–Kier alpha value is -1.86. The fraction of sp³-hybridized carbons (Fsp3) is 0.500. The maximum atomic E-state index is 12.3. The molecule has 1 aromatic carbocycles. The van der Waals surface area contributed by atoms with Crippen molar-refractivity contribution in [1.29, 1.82) is 5.26 Å². The van der Waals surface area contributed by atoms with E-state index in [0.29, 0.717) is 19.3 Å². The molecule has 0 aliphatic heterocycles. The van der Waals surface area contributed by atoms with Crippen molar-refractivity contribution in [3.63, 3.8) is 0 Å². The van der Waals surface area contributed by atoms with Gasteiger partial charge in [-0.15, -0.1) is 0 Å². The minimum Gasteiger partial charge on any atom is -0.394 e. The van der Waals surface area contributed by atoms with Gasteiger partial charge in [-0.25, -0.2) is 0 Å². The third kappa shape index (κ3) is 3.17. The molecule has 0 bridgehead atoms. The third-order valence-electron chi connectivity index (χ3n) is 3.99. The molecule has 4 heteroatoms. The first-order valence-electron chi connectivity index (χ1n) is 7.07. The van der Waals surface area contributed by atoms with Gasteiger partial charge in [0.15, 0.2) is 0 Å². The number of aliphatic hydroxyl groups is 1. The first-order chi connectivity index (χ1) is 9.70. The van der Waals surface area contributed by atoms with E-state index in [1.807, 2.05) is 30.3 Å². The average Bonchev–Trinajstić information content (AvgIpc) is 2.97. The molecule has 0 saturated heterocycles. The highest BCUT2D eigenvalue weighted by molar-refractivity contribution is 5.86. The number of carbonyl (C=O) groups excluding carboxylic acids is 1. The number of nitrogens with one attached hydrogen (secondary N) is 1. The van der Waals surface area contributed by atoms with Crippen LogP contribution in [0.2, 0.25) is 0 Å². The quantitative estimate of drug-likeness (QED) is 0.858. The summed E-state index contributed by atoms with van der Waals surface area (Å²) in [6, 6.07) is 11.6. The molecule has 1 aromatic rings. The molecule has 0 radical (unpaired) electrons. The minimum atomic E-state index is -0.885. The summed E-state index contributed by atoms with van der Waals surface area (Å²) < 4.78 is 0. The largest absolute Gasteiger partial charge is 0.394 e. The van der Waals surface area contributed by atoms with Gasteiger partial charge in [0.2, 0.25) is 5.91 Å². The van der Waals surface area contributed by atoms with Crippen LogP contribution in [0.1, 0.15) is 31.2 Å². The van der Waals surface area contributed by atoms with Crippen LogP contribution in [0.3, 0.4) is 0 Å². The molecule has 0 aromatic heterocycles. The number of nitriles is 1. The van der Waals surface area contributed by atoms with Gasteiger partial charge in [0.25, 0.3) is 0 Å². The first-order valence-corrected chi connectivity index (χ1v) is 7.07. The van der Waals surface area contributed by atoms with Crippen LogP contribution < -0.4 is 5.32 Å². The number of hydrogen-bond acceptors (Lipinski definition) is 3. The molecule has 1 aliphatic carbocycles. The van der Waals surface area contributed by atoms with Gasteiger partial charge in [0.05, 0.1) is 18.7 Å². The number of aliphatic hydroxyl groups excluding tert-OH is 1. The SMILES string of the molecule is N#CC1(C(=O)N[C@@H](CO)Cc2ccccc2)CCCC1. The molecule has 1 saturated carbocycles. The Labute approximate surface area is 119 Å². The molecule has 20 heavy (non-hydrogen) atoms. The van der Waals surface area contributed by atoms with E-state index >= 15 is 0 Å². The Morgan fingerprint density at radius 3 is 2.55 bits per heavy atom. The van der Waals surface area contributed by atoms with Crippen molar-refractivity contribution in [2.75, 3.05) is 6.61 Å². The van der Waals surface area contributed by atoms with E-state index in [4.69, 9.17) is 0 Å². The molecule has 0 unspecified atom stereocenters. The normalized spacial score (nSPS) is 18.2. The second kappa shape index (κ2) is 6.53. The zero-order valence-corrected chi connectivity index (χ0v) is 11.5. The molecule has 2 rings (SSSR count). The van der Waals surface area contributed by atoms with Gasteiger partial charge >= 0.3 is 0 Å². The zero-order chi connectivity index (χ0) is 14.4. The van der Waals surface area contributed by atoms with E-state index in [2.05, 4.69) is 11.4 Å². The van der Waals surface area contributed by atoms with Gasteiger partial charge in [-0.1, -0.05) is 43.2 Å². The fourth-order valence-electron chi connectivity index (χ4n) is 2.75. The number of hydrogen-bond donors (Lipinski definition) is 2. The number of benzene rings is 1. The van der Waals surface area contributed by atoms with Crippen molar-refractivity contribution in [3.05, 3.63) is 35.9 Å². The van der Waals surface area contributed by atoms with Crippen LogP contribution in [0.4, 0.5) is 0 Å². The summed E-state index contributed by atoms with van der Waals surface area (Å²) in [6.07, 6.45) is 3.66. The topological polar surface area (TPSA) is 73.1 Å². The molecule has 4 nitrogen and oxygen atoms in total. The van der Waals surface area contributed by atoms with E-state index in [9.17, 15) is 15.2 Å². The summed E-state index contributed by atoms with van der Waals surface area (Å²) in [5.74, 6) is -0.229. The summed E-state index contributed by atoms with van der Waals surface area (Å²) in [7, 11) is 0. The average molecular weight is 272 g/mol. The summed E-state index contributed by atoms with van der Waals surface area (Å²) in [5, 5.41) is 21.6. The van der Waals surface area contributed by atoms with Crippen molar-refractivity contribution in [2.45, 2.75) is 38.1 Å². The molecular formula is C16H20N2O2. The molecule has 1 atom stereocenters. The molecule has 1 fully saturated rings. The predicted molar refractivity (Wildman–Crippen MR) is 75.7 cm³/mol. The second-order valence-electron chi connectivity index (χ2n) is 5.44. The number of amides is 1. The van der Waals surface area contributed by atoms with Crippen LogP contribution in [0.25, 0.3) is 0 Å². The van der Waals surface area contributed by atoms with Crippen molar-refractivity contribution in [2.24, 2.45) is 5.41 Å². The van der Waals surface area contributed by atoms with Crippen LogP contribution in [-0.2, 0) is 11.2 Å². The molecule has 0 heterocycles. The van der Waals surface area contributed by atoms with Crippen LogP contribution in [0.15, 0.2) is 30.3 Å². The Balaban J connectivity index is 1.99. The van der Waals surface area contributed by atoms with E-state index < -0.39 is 5.41 Å². The van der Waals surface area contributed by atoms with Crippen LogP contribution in [0, 0.1) is 16.7 Å². The van der Waals surface area contributed by atoms with Crippen molar-refractivity contribution < 1.29 is 9.90 Å². The van der Waals surface area contributed by atoms with Crippen molar-refractivity contribution in [1.82, 2.24) is 5.32 Å². The Morgan fingerprint density at radius 1 is 1.35 bits per heavy atom. The van der Waals surface area contributed by atoms with Gasteiger partial charge in [0.1, 0.15) is 5.41 Å². The monoisotopic (exact) mass is 272 g/mol. The molecule has 2 N–H and O–H groups in total. The van der Waals surface area contributed by atoms with Crippen LogP contribution >= 0.6 is 0 Å². The lowest BCUT2D eigenvalue weighted by Gasteiger charge is -2.24. The fourth-order valence-corrected chi connectivity index (χ4v) is 2.75. The van der Waals surface area contributed by atoms with Gasteiger partial charge in [-0.3, -0.25) is 4.79 Å². The minimum absolute atomic E-state index is 0.123. The lowest BCUT2D eigenvalue weighted by molar-refractivity contribution is -0.129. The number of nitrogens with zero attached hydrogens (tertiary/aromatic N) is 1. The van der Waals surface area contributed by atoms with Gasteiger partial charge in [-0.05, 0) is 24.8 Å². The van der Waals surface area contributed by atoms with Crippen LogP contribution in [-0.4, -0.2) is 23.7 Å². The smallest absolute Gasteiger partial charge is 0.240 e. The van der Waals surface area contributed by atoms with Crippen molar-refractivity contribution in [3.8, 4) is 6.07 Å². The summed E-state index contributed by atoms with van der Waals surface area (Å²) in [4.78, 5) is 12.3. The number of carbonyl (C=O) groups is 1. The zero-order valence-electron chi connectivity index (χ0n) is 11.5. The maximum Gasteiger partial charge on any atom is 0.240 e. The standard InChI is InChI=1S/C16H20N2O2/c17-12-16(8-4-5-9-16)15(20)18-14(11-19)10-13-6-2-1-3-7-13/h1-3,6-7,14,19H,4-5,8-11H2,(H,18,20)/t14-/m1/s1. The highest BCUT2D eigenvalue weighted by Gasteiger charge is 2.42. The molecule has 0 spiro atoms. The Kier molecular flexibility index (Phi) is 4.75. The van der Waals surface area contributed by atoms with Gasteiger partial charge in [0, 0.05) is 0 Å². The molecule has 1 amide bonds. The van der Waals surface area contributed by atoms with Crippen molar-refractivity contribution >= 4 is 5.91 Å². The Bertz CT molecular complexity index is 487. The third-order valence-corrected chi connectivity index (χ3v) is 3.99. The highest BCUT2D eigenvalue weighted by atomic mass is 16.3. The molecule has 1 aliphatic rings. The first kappa shape index (κ1) is 14.5. The summed E-state index contributed by atoms with van der Waals surface area (Å²) in [6.45, 7) is -0.123. The molecule has 106 valence electrons. The van der Waals surface area contributed by atoms with E-state index in [0.717, 1.165) is 18.4 Å². The summed E-state index contributed by atoms with van der Waals surface area (Å²) in [5.41, 5.74) is 0.175. The van der Waals surface area contributed by atoms with E-state index in [-0.39, 0.29) is 18.6 Å². The van der Waals surface area contributed by atoms with Gasteiger partial charge < -0.3 is 10.4 Å².